The van der Waals surface area contributed by atoms with E-state index in [4.69, 9.17) is 9.84 Å². The number of rotatable bonds is 4. The van der Waals surface area contributed by atoms with E-state index in [-0.39, 0.29) is 6.61 Å². The molecule has 1 unspecified atom stereocenters. The Morgan fingerprint density at radius 1 is 1.75 bits per heavy atom. The fourth-order valence-corrected chi connectivity index (χ4v) is 1.45. The molecule has 1 rings (SSSR count). The first-order valence-electron chi connectivity index (χ1n) is 4.27. The summed E-state index contributed by atoms with van der Waals surface area (Å²) in [5.74, 6) is -0.798. The van der Waals surface area contributed by atoms with Gasteiger partial charge in [0, 0.05) is 6.61 Å². The van der Waals surface area contributed by atoms with Gasteiger partial charge in [0.1, 0.15) is 5.54 Å². The predicted octanol–water partition coefficient (Wildman–Crippen LogP) is 0.230. The lowest BCUT2D eigenvalue weighted by atomic mass is 9.99. The summed E-state index contributed by atoms with van der Waals surface area (Å²) in [6.45, 7) is 3.49. The summed E-state index contributed by atoms with van der Waals surface area (Å²) in [6, 6.07) is 0. The maximum Gasteiger partial charge on any atom is 0.326 e. The predicted molar refractivity (Wildman–Crippen MR) is 44.1 cm³/mol. The van der Waals surface area contributed by atoms with Gasteiger partial charge in [0.05, 0.1) is 6.61 Å². The number of hydrogen-bond acceptors (Lipinski definition) is 3. The molecule has 4 heteroatoms. The fourth-order valence-electron chi connectivity index (χ4n) is 1.45. The van der Waals surface area contributed by atoms with Crippen molar-refractivity contribution in [1.82, 2.24) is 5.32 Å². The molecule has 0 aromatic carbocycles. The van der Waals surface area contributed by atoms with E-state index in [0.29, 0.717) is 13.0 Å². The van der Waals surface area contributed by atoms with Gasteiger partial charge >= 0.3 is 5.97 Å². The van der Waals surface area contributed by atoms with Gasteiger partial charge in [-0.15, -0.1) is 0 Å². The van der Waals surface area contributed by atoms with Crippen molar-refractivity contribution in [2.75, 3.05) is 19.8 Å². The van der Waals surface area contributed by atoms with E-state index in [1.54, 1.807) is 0 Å². The number of carboxylic acid groups (broad SMARTS) is 1. The Morgan fingerprint density at radius 3 is 2.92 bits per heavy atom. The highest BCUT2D eigenvalue weighted by molar-refractivity contribution is 5.79. The molecule has 1 aliphatic rings. The molecule has 0 spiro atoms. The van der Waals surface area contributed by atoms with Crippen molar-refractivity contribution in [3.8, 4) is 0 Å². The molecule has 2 N–H and O–H groups in total. The van der Waals surface area contributed by atoms with Gasteiger partial charge in [-0.1, -0.05) is 0 Å². The first-order valence-corrected chi connectivity index (χ1v) is 4.27. The molecule has 0 amide bonds. The molecule has 1 heterocycles. The van der Waals surface area contributed by atoms with Crippen LogP contribution in [0.4, 0.5) is 0 Å². The van der Waals surface area contributed by atoms with E-state index in [2.05, 4.69) is 5.32 Å². The van der Waals surface area contributed by atoms with E-state index in [9.17, 15) is 4.79 Å². The lowest BCUT2D eigenvalue weighted by Gasteiger charge is -2.23. The highest BCUT2D eigenvalue weighted by Gasteiger charge is 2.41. The summed E-state index contributed by atoms with van der Waals surface area (Å²) in [7, 11) is 0. The second kappa shape index (κ2) is 3.87. The van der Waals surface area contributed by atoms with Crippen LogP contribution >= 0.6 is 0 Å². The smallest absolute Gasteiger partial charge is 0.326 e. The lowest BCUT2D eigenvalue weighted by Crippen LogP contribution is -2.51. The van der Waals surface area contributed by atoms with E-state index < -0.39 is 11.5 Å². The van der Waals surface area contributed by atoms with Gasteiger partial charge < -0.3 is 9.84 Å². The van der Waals surface area contributed by atoms with Crippen LogP contribution in [0.2, 0.25) is 0 Å². The average molecular weight is 173 g/mol. The molecule has 70 valence electrons. The lowest BCUT2D eigenvalue weighted by molar-refractivity contribution is -0.146. The topological polar surface area (TPSA) is 58.6 Å². The minimum Gasteiger partial charge on any atom is -0.480 e. The van der Waals surface area contributed by atoms with E-state index in [1.165, 1.54) is 0 Å². The van der Waals surface area contributed by atoms with Crippen LogP contribution in [0.15, 0.2) is 0 Å². The highest BCUT2D eigenvalue weighted by Crippen LogP contribution is 2.19. The van der Waals surface area contributed by atoms with Crippen molar-refractivity contribution in [2.45, 2.75) is 25.3 Å². The normalized spacial score (nSPS) is 29.1. The van der Waals surface area contributed by atoms with Crippen LogP contribution in [0.1, 0.15) is 19.8 Å². The monoisotopic (exact) mass is 173 g/mol. The van der Waals surface area contributed by atoms with Crippen LogP contribution in [0.5, 0.6) is 0 Å². The Kier molecular flexibility index (Phi) is 3.05. The molecule has 0 saturated carbocycles. The van der Waals surface area contributed by atoms with Gasteiger partial charge in [0.2, 0.25) is 0 Å². The summed E-state index contributed by atoms with van der Waals surface area (Å²) >= 11 is 0. The van der Waals surface area contributed by atoms with Crippen molar-refractivity contribution >= 4 is 5.97 Å². The van der Waals surface area contributed by atoms with Crippen LogP contribution in [-0.2, 0) is 9.53 Å². The van der Waals surface area contributed by atoms with E-state index >= 15 is 0 Å². The van der Waals surface area contributed by atoms with E-state index in [0.717, 1.165) is 13.0 Å². The number of carbonyl (C=O) groups is 1. The van der Waals surface area contributed by atoms with Gasteiger partial charge in [-0.25, -0.2) is 0 Å². The van der Waals surface area contributed by atoms with Crippen LogP contribution in [0.3, 0.4) is 0 Å². The molecular formula is C8H15NO3. The third-order valence-corrected chi connectivity index (χ3v) is 2.21. The summed E-state index contributed by atoms with van der Waals surface area (Å²) in [6.07, 6.45) is 1.59. The first-order chi connectivity index (χ1) is 5.71. The number of carboxylic acids is 1. The third-order valence-electron chi connectivity index (χ3n) is 2.21. The molecule has 0 aliphatic carbocycles. The largest absolute Gasteiger partial charge is 0.480 e. The second-order valence-corrected chi connectivity index (χ2v) is 3.05. The van der Waals surface area contributed by atoms with Crippen molar-refractivity contribution in [3.05, 3.63) is 0 Å². The molecule has 0 aromatic heterocycles. The molecular weight excluding hydrogens is 158 g/mol. The molecule has 1 aliphatic heterocycles. The summed E-state index contributed by atoms with van der Waals surface area (Å²) in [5, 5.41) is 11.9. The van der Waals surface area contributed by atoms with Crippen LogP contribution in [-0.4, -0.2) is 36.4 Å². The standard InChI is InChI=1S/C8H15NO3/c1-2-12-6-8(7(10)11)4-3-5-9-8/h9H,2-6H2,1H3,(H,10,11). The minimum absolute atomic E-state index is 0.277. The Morgan fingerprint density at radius 2 is 2.50 bits per heavy atom. The fraction of sp³-hybridized carbons (Fsp3) is 0.875. The average Bonchev–Trinajstić information content (AvgIpc) is 2.50. The van der Waals surface area contributed by atoms with Crippen LogP contribution in [0.25, 0.3) is 0 Å². The summed E-state index contributed by atoms with van der Waals surface area (Å²) in [5.41, 5.74) is -0.810. The second-order valence-electron chi connectivity index (χ2n) is 3.05. The Labute approximate surface area is 71.9 Å². The Balaban J connectivity index is 2.53. The molecule has 12 heavy (non-hydrogen) atoms. The molecule has 1 saturated heterocycles. The molecule has 1 atom stereocenters. The summed E-state index contributed by atoms with van der Waals surface area (Å²) in [4.78, 5) is 10.9. The van der Waals surface area contributed by atoms with E-state index in [1.807, 2.05) is 6.92 Å². The van der Waals surface area contributed by atoms with Gasteiger partial charge in [0.15, 0.2) is 0 Å². The van der Waals surface area contributed by atoms with Gasteiger partial charge in [-0.2, -0.15) is 0 Å². The third kappa shape index (κ3) is 1.76. The number of hydrogen-bond donors (Lipinski definition) is 2. The van der Waals surface area contributed by atoms with Crippen molar-refractivity contribution < 1.29 is 14.6 Å². The van der Waals surface area contributed by atoms with Crippen molar-refractivity contribution in [2.24, 2.45) is 0 Å². The molecule has 0 aromatic rings. The Bertz CT molecular complexity index is 164. The number of ether oxygens (including phenoxy) is 1. The zero-order valence-corrected chi connectivity index (χ0v) is 7.30. The SMILES string of the molecule is CCOCC1(C(=O)O)CCCN1. The molecule has 4 nitrogen and oxygen atoms in total. The van der Waals surface area contributed by atoms with Gasteiger partial charge in [0.25, 0.3) is 0 Å². The molecule has 1 fully saturated rings. The summed E-state index contributed by atoms with van der Waals surface area (Å²) < 4.78 is 5.14. The van der Waals surface area contributed by atoms with Crippen molar-refractivity contribution in [1.29, 1.82) is 0 Å². The number of nitrogens with one attached hydrogen (secondary N) is 1. The van der Waals surface area contributed by atoms with Gasteiger partial charge in [-0.05, 0) is 26.3 Å². The maximum absolute atomic E-state index is 10.9. The quantitative estimate of drug-likeness (QED) is 0.639. The highest BCUT2D eigenvalue weighted by atomic mass is 16.5. The number of aliphatic carboxylic acids is 1. The molecule has 0 radical (unpaired) electrons. The van der Waals surface area contributed by atoms with Crippen molar-refractivity contribution in [3.63, 3.8) is 0 Å². The maximum atomic E-state index is 10.9. The molecule has 0 bridgehead atoms. The zero-order valence-electron chi connectivity index (χ0n) is 7.30. The van der Waals surface area contributed by atoms with Gasteiger partial charge in [-0.3, -0.25) is 10.1 Å². The van der Waals surface area contributed by atoms with Crippen LogP contribution in [0, 0.1) is 0 Å². The minimum atomic E-state index is -0.810. The zero-order chi connectivity index (χ0) is 9.03. The van der Waals surface area contributed by atoms with Crippen LogP contribution < -0.4 is 5.32 Å². The Hall–Kier alpha value is -0.610. The first kappa shape index (κ1) is 9.48.